The summed E-state index contributed by atoms with van der Waals surface area (Å²) in [6.45, 7) is 3.53. The Balaban J connectivity index is 2.46. The summed E-state index contributed by atoms with van der Waals surface area (Å²) in [4.78, 5) is 23.3. The van der Waals surface area contributed by atoms with Crippen LogP contribution in [0.2, 0.25) is 0 Å². The maximum atomic E-state index is 11.2. The van der Waals surface area contributed by atoms with Gasteiger partial charge in [0, 0.05) is 17.4 Å². The second-order valence-corrected chi connectivity index (χ2v) is 5.63. The van der Waals surface area contributed by atoms with Gasteiger partial charge in [0.1, 0.15) is 5.00 Å². The number of thiophene rings is 1. The van der Waals surface area contributed by atoms with Crippen LogP contribution in [0.15, 0.2) is 0 Å². The molecule has 0 aromatic carbocycles. The molecule has 0 spiro atoms. The third-order valence-electron chi connectivity index (χ3n) is 3.01. The third kappa shape index (κ3) is 2.34. The molecular formula is C12H14NO3S-. The fourth-order valence-corrected chi connectivity index (χ4v) is 3.66. The summed E-state index contributed by atoms with van der Waals surface area (Å²) in [5, 5.41) is 14.2. The van der Waals surface area contributed by atoms with Crippen LogP contribution in [-0.4, -0.2) is 11.9 Å². The number of aromatic carboxylic acids is 1. The molecule has 1 aliphatic rings. The van der Waals surface area contributed by atoms with Gasteiger partial charge in [-0.2, -0.15) is 0 Å². The maximum absolute atomic E-state index is 11.2. The number of nitrogens with one attached hydrogen (secondary N) is 1. The number of fused-ring (bicyclic) bond motifs is 1. The van der Waals surface area contributed by atoms with Gasteiger partial charge in [-0.3, -0.25) is 4.79 Å². The minimum absolute atomic E-state index is 0.187. The average molecular weight is 252 g/mol. The lowest BCUT2D eigenvalue weighted by molar-refractivity contribution is -0.254. The van der Waals surface area contributed by atoms with E-state index in [9.17, 15) is 14.7 Å². The molecule has 0 saturated heterocycles. The summed E-state index contributed by atoms with van der Waals surface area (Å²) in [5.41, 5.74) is 1.05. The van der Waals surface area contributed by atoms with E-state index in [1.54, 1.807) is 0 Å². The Labute approximate surface area is 104 Å². The molecule has 17 heavy (non-hydrogen) atoms. The summed E-state index contributed by atoms with van der Waals surface area (Å²) >= 11 is 1.37. The fourth-order valence-electron chi connectivity index (χ4n) is 2.21. The summed E-state index contributed by atoms with van der Waals surface area (Å²) < 4.78 is 0. The smallest absolute Gasteiger partial charge is 0.221 e. The van der Waals surface area contributed by atoms with Crippen molar-refractivity contribution in [1.82, 2.24) is 0 Å². The van der Waals surface area contributed by atoms with Gasteiger partial charge in [-0.15, -0.1) is 11.3 Å². The van der Waals surface area contributed by atoms with Crippen LogP contribution in [0.3, 0.4) is 0 Å². The zero-order valence-electron chi connectivity index (χ0n) is 9.83. The first-order valence-electron chi connectivity index (χ1n) is 5.62. The molecule has 4 nitrogen and oxygen atoms in total. The Morgan fingerprint density at radius 1 is 1.47 bits per heavy atom. The number of amides is 1. The maximum Gasteiger partial charge on any atom is 0.221 e. The summed E-state index contributed by atoms with van der Waals surface area (Å²) in [5.74, 6) is -0.874. The van der Waals surface area contributed by atoms with E-state index in [4.69, 9.17) is 0 Å². The third-order valence-corrected chi connectivity index (χ3v) is 4.18. The van der Waals surface area contributed by atoms with Gasteiger partial charge in [0.15, 0.2) is 0 Å². The number of carboxylic acid groups (broad SMARTS) is 1. The molecule has 1 heterocycles. The first-order valence-corrected chi connectivity index (χ1v) is 6.44. The molecule has 0 saturated carbocycles. The molecule has 1 amide bonds. The lowest BCUT2D eigenvalue weighted by Crippen LogP contribution is -2.25. The van der Waals surface area contributed by atoms with E-state index in [1.165, 1.54) is 18.3 Å². The molecule has 0 radical (unpaired) electrons. The van der Waals surface area contributed by atoms with Gasteiger partial charge in [0.25, 0.3) is 0 Å². The molecule has 92 valence electrons. The number of rotatable bonds is 2. The molecule has 1 aromatic rings. The highest BCUT2D eigenvalue weighted by molar-refractivity contribution is 7.17. The first kappa shape index (κ1) is 12.1. The SMILES string of the molecule is CC(=O)Nc1sc2c(c1C(=O)[O-])CC[C@@H](C)C2. The second-order valence-electron chi connectivity index (χ2n) is 4.52. The van der Waals surface area contributed by atoms with Gasteiger partial charge in [-0.25, -0.2) is 0 Å². The summed E-state index contributed by atoms with van der Waals surface area (Å²) in [7, 11) is 0. The zero-order valence-corrected chi connectivity index (χ0v) is 10.6. The lowest BCUT2D eigenvalue weighted by atomic mass is 9.88. The van der Waals surface area contributed by atoms with Gasteiger partial charge < -0.3 is 15.2 Å². The number of anilines is 1. The fraction of sp³-hybridized carbons (Fsp3) is 0.500. The predicted molar refractivity (Wildman–Crippen MR) is 64.1 cm³/mol. The molecule has 1 aliphatic carbocycles. The average Bonchev–Trinajstić information content (AvgIpc) is 2.53. The highest BCUT2D eigenvalue weighted by Crippen LogP contribution is 2.39. The van der Waals surface area contributed by atoms with Crippen molar-refractivity contribution in [3.05, 3.63) is 16.0 Å². The summed E-state index contributed by atoms with van der Waals surface area (Å²) in [6.07, 6.45) is 2.64. The van der Waals surface area contributed by atoms with Crippen LogP contribution >= 0.6 is 11.3 Å². The van der Waals surface area contributed by atoms with Crippen LogP contribution in [0.4, 0.5) is 5.00 Å². The number of carbonyl (C=O) groups excluding carboxylic acids is 2. The minimum Gasteiger partial charge on any atom is -0.545 e. The number of carbonyl (C=O) groups is 2. The van der Waals surface area contributed by atoms with Crippen molar-refractivity contribution in [3.8, 4) is 0 Å². The van der Waals surface area contributed by atoms with Crippen molar-refractivity contribution < 1.29 is 14.7 Å². The molecule has 1 atom stereocenters. The van der Waals surface area contributed by atoms with Crippen LogP contribution in [0.25, 0.3) is 0 Å². The van der Waals surface area contributed by atoms with Crippen molar-refractivity contribution >= 4 is 28.2 Å². The zero-order chi connectivity index (χ0) is 12.6. The van der Waals surface area contributed by atoms with Crippen LogP contribution in [-0.2, 0) is 17.6 Å². The van der Waals surface area contributed by atoms with Crippen molar-refractivity contribution in [2.45, 2.75) is 33.1 Å². The molecule has 0 fully saturated rings. The van der Waals surface area contributed by atoms with Crippen molar-refractivity contribution in [2.75, 3.05) is 5.32 Å². The van der Waals surface area contributed by atoms with Gasteiger partial charge in [0.2, 0.25) is 5.91 Å². The van der Waals surface area contributed by atoms with E-state index in [2.05, 4.69) is 12.2 Å². The molecule has 2 rings (SSSR count). The highest BCUT2D eigenvalue weighted by atomic mass is 32.1. The Morgan fingerprint density at radius 3 is 2.76 bits per heavy atom. The largest absolute Gasteiger partial charge is 0.545 e. The molecule has 1 N–H and O–H groups in total. The predicted octanol–water partition coefficient (Wildman–Crippen LogP) is 1.19. The molecule has 1 aromatic heterocycles. The normalized spacial score (nSPS) is 18.6. The quantitative estimate of drug-likeness (QED) is 0.859. The molecule has 0 unspecified atom stereocenters. The van der Waals surface area contributed by atoms with E-state index >= 15 is 0 Å². The van der Waals surface area contributed by atoms with Crippen molar-refractivity contribution in [2.24, 2.45) is 5.92 Å². The number of carboxylic acids is 1. The monoisotopic (exact) mass is 252 g/mol. The molecule has 0 aliphatic heterocycles. The van der Waals surface area contributed by atoms with E-state index in [0.717, 1.165) is 29.7 Å². The Morgan fingerprint density at radius 2 is 2.18 bits per heavy atom. The van der Waals surface area contributed by atoms with Gasteiger partial charge >= 0.3 is 0 Å². The topological polar surface area (TPSA) is 69.2 Å². The van der Waals surface area contributed by atoms with E-state index in [0.29, 0.717) is 10.9 Å². The van der Waals surface area contributed by atoms with E-state index < -0.39 is 5.97 Å². The first-order chi connectivity index (χ1) is 7.99. The van der Waals surface area contributed by atoms with E-state index in [1.807, 2.05) is 0 Å². The Bertz CT molecular complexity index is 478. The van der Waals surface area contributed by atoms with Crippen LogP contribution in [0.1, 0.15) is 41.1 Å². The van der Waals surface area contributed by atoms with Gasteiger partial charge in [-0.05, 0) is 30.7 Å². The summed E-state index contributed by atoms with van der Waals surface area (Å²) in [6, 6.07) is 0. The van der Waals surface area contributed by atoms with E-state index in [-0.39, 0.29) is 11.5 Å². The molecular weight excluding hydrogens is 238 g/mol. The van der Waals surface area contributed by atoms with Gasteiger partial charge in [0.05, 0.1) is 5.97 Å². The Kier molecular flexibility index (Phi) is 3.19. The van der Waals surface area contributed by atoms with Gasteiger partial charge in [-0.1, -0.05) is 6.92 Å². The molecule has 5 heteroatoms. The van der Waals surface area contributed by atoms with Crippen LogP contribution in [0, 0.1) is 5.92 Å². The van der Waals surface area contributed by atoms with Crippen molar-refractivity contribution in [1.29, 1.82) is 0 Å². The van der Waals surface area contributed by atoms with Crippen LogP contribution in [0.5, 0.6) is 0 Å². The second kappa shape index (κ2) is 4.49. The standard InChI is InChI=1S/C12H15NO3S/c1-6-3-4-8-9(5-6)17-11(13-7(2)14)10(8)12(15)16/h6H,3-5H2,1-2H3,(H,13,14)(H,15,16)/p-1/t6-/m1/s1. The number of hydrogen-bond donors (Lipinski definition) is 1. The minimum atomic E-state index is -1.19. The lowest BCUT2D eigenvalue weighted by Gasteiger charge is -2.19. The Hall–Kier alpha value is -1.36. The highest BCUT2D eigenvalue weighted by Gasteiger charge is 2.24. The van der Waals surface area contributed by atoms with Crippen LogP contribution < -0.4 is 10.4 Å². The number of hydrogen-bond acceptors (Lipinski definition) is 4. The van der Waals surface area contributed by atoms with Crippen molar-refractivity contribution in [3.63, 3.8) is 0 Å². The molecule has 0 bridgehead atoms.